The van der Waals surface area contributed by atoms with Crippen molar-refractivity contribution in [3.63, 3.8) is 0 Å². The Morgan fingerprint density at radius 3 is 2.23 bits per heavy atom. The van der Waals surface area contributed by atoms with Crippen LogP contribution in [0.25, 0.3) is 0 Å². The molecule has 0 rings (SSSR count). The number of nitrogens with two attached hydrogens (primary N) is 1. The molecule has 4 nitrogen and oxygen atoms in total. The summed E-state index contributed by atoms with van der Waals surface area (Å²) in [5.74, 6) is 0.715. The van der Waals surface area contributed by atoms with Gasteiger partial charge in [-0.2, -0.15) is 0 Å². The molecule has 0 spiro atoms. The fourth-order valence-corrected chi connectivity index (χ4v) is 3.03. The quantitative estimate of drug-likeness (QED) is 0.349. The van der Waals surface area contributed by atoms with Crippen LogP contribution in [0, 0.1) is 11.8 Å². The molecule has 0 radical (unpaired) electrons. The third-order valence-electron chi connectivity index (χ3n) is 5.16. The Hall–Kier alpha value is -0.680. The van der Waals surface area contributed by atoms with E-state index in [0.29, 0.717) is 18.3 Å². The lowest BCUT2D eigenvalue weighted by atomic mass is 9.93. The predicted octanol–water partition coefficient (Wildman–Crippen LogP) is 3.94. The lowest BCUT2D eigenvalue weighted by molar-refractivity contribution is 0.0876. The third kappa shape index (κ3) is 12.6. The van der Waals surface area contributed by atoms with Crippen molar-refractivity contribution < 1.29 is 15.3 Å². The second-order valence-electron chi connectivity index (χ2n) is 8.34. The van der Waals surface area contributed by atoms with Gasteiger partial charge in [0.05, 0.1) is 24.9 Å². The molecule has 0 aliphatic carbocycles. The first-order valence-electron chi connectivity index (χ1n) is 10.2. The van der Waals surface area contributed by atoms with Gasteiger partial charge in [0.15, 0.2) is 0 Å². The van der Waals surface area contributed by atoms with Crippen molar-refractivity contribution in [3.8, 4) is 0 Å². The van der Waals surface area contributed by atoms with Crippen LogP contribution in [0.5, 0.6) is 0 Å². The van der Waals surface area contributed by atoms with Crippen molar-refractivity contribution in [1.29, 1.82) is 0 Å². The second kappa shape index (κ2) is 14.4. The molecule has 0 aromatic rings. The Morgan fingerprint density at radius 2 is 1.65 bits per heavy atom. The zero-order valence-corrected chi connectivity index (χ0v) is 17.6. The summed E-state index contributed by atoms with van der Waals surface area (Å²) in [5, 5.41) is 29.0. The maximum Gasteiger partial charge on any atom is 0.0716 e. The molecule has 5 N–H and O–H groups in total. The van der Waals surface area contributed by atoms with Gasteiger partial charge in [-0.05, 0) is 77.6 Å². The van der Waals surface area contributed by atoms with Crippen LogP contribution in [0.3, 0.4) is 0 Å². The minimum Gasteiger partial charge on any atom is -0.395 e. The highest BCUT2D eigenvalue weighted by Crippen LogP contribution is 2.20. The smallest absolute Gasteiger partial charge is 0.0716 e. The van der Waals surface area contributed by atoms with Crippen LogP contribution in [-0.4, -0.2) is 40.2 Å². The fraction of sp³-hybridized carbons (Fsp3) is 0.818. The second-order valence-corrected chi connectivity index (χ2v) is 8.34. The van der Waals surface area contributed by atoms with E-state index in [2.05, 4.69) is 46.8 Å². The Balaban J connectivity index is 3.99. The van der Waals surface area contributed by atoms with E-state index >= 15 is 0 Å². The van der Waals surface area contributed by atoms with Crippen LogP contribution in [0.2, 0.25) is 0 Å². The zero-order valence-electron chi connectivity index (χ0n) is 17.6. The molecule has 0 saturated heterocycles. The van der Waals surface area contributed by atoms with Crippen molar-refractivity contribution in [2.24, 2.45) is 17.6 Å². The molecule has 0 heterocycles. The van der Waals surface area contributed by atoms with E-state index < -0.39 is 12.1 Å². The van der Waals surface area contributed by atoms with Gasteiger partial charge in [-0.3, -0.25) is 0 Å². The van der Waals surface area contributed by atoms with Crippen LogP contribution in [0.1, 0.15) is 79.6 Å². The van der Waals surface area contributed by atoms with Gasteiger partial charge < -0.3 is 21.1 Å². The van der Waals surface area contributed by atoms with Gasteiger partial charge in [-0.15, -0.1) is 0 Å². The molecule has 0 fully saturated rings. The number of hydrogen-bond acceptors (Lipinski definition) is 4. The molecule has 4 heteroatoms. The van der Waals surface area contributed by atoms with Gasteiger partial charge in [-0.1, -0.05) is 37.1 Å². The van der Waals surface area contributed by atoms with Crippen molar-refractivity contribution in [1.82, 2.24) is 0 Å². The lowest BCUT2D eigenvalue weighted by Gasteiger charge is -2.20. The van der Waals surface area contributed by atoms with Crippen LogP contribution in [0.4, 0.5) is 0 Å². The van der Waals surface area contributed by atoms with Crippen molar-refractivity contribution in [2.45, 2.75) is 97.8 Å². The molecule has 0 amide bonds. The van der Waals surface area contributed by atoms with Crippen molar-refractivity contribution in [2.75, 3.05) is 6.61 Å². The molecule has 0 aliphatic heterocycles. The van der Waals surface area contributed by atoms with E-state index in [1.165, 1.54) is 11.1 Å². The number of rotatable bonds is 14. The van der Waals surface area contributed by atoms with Gasteiger partial charge in [0.25, 0.3) is 0 Å². The summed E-state index contributed by atoms with van der Waals surface area (Å²) >= 11 is 0. The van der Waals surface area contributed by atoms with Gasteiger partial charge >= 0.3 is 0 Å². The van der Waals surface area contributed by atoms with E-state index in [0.717, 1.165) is 38.5 Å². The molecular weight excluding hydrogens is 326 g/mol. The van der Waals surface area contributed by atoms with E-state index in [9.17, 15) is 10.2 Å². The maximum absolute atomic E-state index is 10.2. The van der Waals surface area contributed by atoms with Gasteiger partial charge in [0, 0.05) is 0 Å². The van der Waals surface area contributed by atoms with Gasteiger partial charge in [-0.25, -0.2) is 0 Å². The Bertz CT molecular complexity index is 416. The minimum absolute atomic E-state index is 0.172. The minimum atomic E-state index is -0.626. The molecular formula is C22H43NO3. The van der Waals surface area contributed by atoms with Crippen LogP contribution >= 0.6 is 0 Å². The first-order valence-corrected chi connectivity index (χ1v) is 10.2. The van der Waals surface area contributed by atoms with Crippen LogP contribution < -0.4 is 5.73 Å². The molecule has 0 saturated carbocycles. The third-order valence-corrected chi connectivity index (χ3v) is 5.16. The molecule has 5 atom stereocenters. The summed E-state index contributed by atoms with van der Waals surface area (Å²) < 4.78 is 0. The number of aliphatic hydroxyl groups is 3. The molecule has 0 bridgehead atoms. The van der Waals surface area contributed by atoms with E-state index in [1.807, 2.05) is 0 Å². The molecule has 154 valence electrons. The summed E-state index contributed by atoms with van der Waals surface area (Å²) in [6.45, 7) is 10.4. The van der Waals surface area contributed by atoms with Crippen LogP contribution in [-0.2, 0) is 0 Å². The Kier molecular flexibility index (Phi) is 14.0. The largest absolute Gasteiger partial charge is 0.395 e. The van der Waals surface area contributed by atoms with E-state index in [-0.39, 0.29) is 12.7 Å². The first-order chi connectivity index (χ1) is 12.2. The zero-order chi connectivity index (χ0) is 20.1. The summed E-state index contributed by atoms with van der Waals surface area (Å²) in [6.07, 6.45) is 10.2. The number of allylic oxidation sites excluding steroid dienone is 3. The highest BCUT2D eigenvalue weighted by molar-refractivity contribution is 4.98. The van der Waals surface area contributed by atoms with E-state index in [4.69, 9.17) is 10.8 Å². The Labute approximate surface area is 161 Å². The fourth-order valence-electron chi connectivity index (χ4n) is 3.03. The summed E-state index contributed by atoms with van der Waals surface area (Å²) in [5.41, 5.74) is 8.30. The highest BCUT2D eigenvalue weighted by atomic mass is 16.3. The summed E-state index contributed by atoms with van der Waals surface area (Å²) in [6, 6.07) is -0.538. The normalized spacial score (nSPS) is 18.1. The van der Waals surface area contributed by atoms with Gasteiger partial charge in [0.2, 0.25) is 0 Å². The molecule has 26 heavy (non-hydrogen) atoms. The molecule has 0 aromatic carbocycles. The Morgan fingerprint density at radius 1 is 1.00 bits per heavy atom. The summed E-state index contributed by atoms with van der Waals surface area (Å²) in [4.78, 5) is 0. The SMILES string of the molecule is CC(C)=CCC(O)C(C)CCCC(C)=CCCC(C)C[C@@H](O)[C@@H](N)CO. The van der Waals surface area contributed by atoms with Crippen molar-refractivity contribution in [3.05, 3.63) is 23.3 Å². The molecule has 3 unspecified atom stereocenters. The highest BCUT2D eigenvalue weighted by Gasteiger charge is 2.16. The number of aliphatic hydroxyl groups excluding tert-OH is 3. The lowest BCUT2D eigenvalue weighted by Crippen LogP contribution is -2.38. The van der Waals surface area contributed by atoms with Gasteiger partial charge in [0.1, 0.15) is 0 Å². The monoisotopic (exact) mass is 369 g/mol. The average Bonchev–Trinajstić information content (AvgIpc) is 2.58. The first kappa shape index (κ1) is 25.3. The topological polar surface area (TPSA) is 86.7 Å². The maximum atomic E-state index is 10.2. The van der Waals surface area contributed by atoms with E-state index in [1.54, 1.807) is 0 Å². The summed E-state index contributed by atoms with van der Waals surface area (Å²) in [7, 11) is 0. The van der Waals surface area contributed by atoms with Crippen molar-refractivity contribution >= 4 is 0 Å². The van der Waals surface area contributed by atoms with Crippen LogP contribution in [0.15, 0.2) is 23.3 Å². The predicted molar refractivity (Wildman–Crippen MR) is 111 cm³/mol. The molecule has 0 aromatic heterocycles. The molecule has 0 aliphatic rings. The standard InChI is InChI=1S/C22H43NO3/c1-16(2)12-13-21(25)19(5)11-7-9-17(3)8-6-10-18(4)14-22(26)20(23)15-24/h8,12,18-22,24-26H,6-7,9-11,13-15,23H2,1-5H3/t18?,19?,20-,21?,22+/m0/s1. The average molecular weight is 370 g/mol. The number of hydrogen-bond donors (Lipinski definition) is 4.